The number of nitrogens with one attached hydrogen (secondary N) is 1. The SMILES string of the molecule is COC(=O)[C@@]12CCC[C@H]1CN(CC(=O)NCC(F)(F)F)C2. The monoisotopic (exact) mass is 308 g/mol. The van der Waals surface area contributed by atoms with Crippen molar-refractivity contribution in [3.63, 3.8) is 0 Å². The first-order chi connectivity index (χ1) is 9.77. The lowest BCUT2D eigenvalue weighted by atomic mass is 9.81. The Labute approximate surface area is 120 Å². The Balaban J connectivity index is 1.90. The lowest BCUT2D eigenvalue weighted by molar-refractivity contribution is -0.153. The molecule has 0 spiro atoms. The summed E-state index contributed by atoms with van der Waals surface area (Å²) in [5.41, 5.74) is -0.584. The summed E-state index contributed by atoms with van der Waals surface area (Å²) in [6.45, 7) is -0.519. The number of nitrogens with zero attached hydrogens (tertiary/aromatic N) is 1. The van der Waals surface area contributed by atoms with Gasteiger partial charge in [-0.2, -0.15) is 13.2 Å². The van der Waals surface area contributed by atoms with Gasteiger partial charge in [0.25, 0.3) is 0 Å². The maximum atomic E-state index is 12.0. The average molecular weight is 308 g/mol. The fraction of sp³-hybridized carbons (Fsp3) is 0.846. The maximum absolute atomic E-state index is 12.0. The fourth-order valence-corrected chi connectivity index (χ4v) is 3.51. The van der Waals surface area contributed by atoms with E-state index in [0.717, 1.165) is 12.8 Å². The molecule has 1 amide bonds. The van der Waals surface area contributed by atoms with Crippen molar-refractivity contribution in [3.8, 4) is 0 Å². The highest BCUT2D eigenvalue weighted by atomic mass is 19.4. The molecule has 8 heteroatoms. The molecule has 0 bridgehead atoms. The minimum Gasteiger partial charge on any atom is -0.469 e. The largest absolute Gasteiger partial charge is 0.469 e. The van der Waals surface area contributed by atoms with Crippen LogP contribution >= 0.6 is 0 Å². The number of amides is 1. The van der Waals surface area contributed by atoms with Crippen LogP contribution in [-0.4, -0.2) is 56.2 Å². The highest BCUT2D eigenvalue weighted by molar-refractivity contribution is 5.80. The molecule has 1 N–H and O–H groups in total. The van der Waals surface area contributed by atoms with Crippen molar-refractivity contribution in [1.29, 1.82) is 0 Å². The molecule has 1 aliphatic carbocycles. The molecule has 1 aliphatic heterocycles. The lowest BCUT2D eigenvalue weighted by Crippen LogP contribution is -2.42. The maximum Gasteiger partial charge on any atom is 0.405 e. The number of methoxy groups -OCH3 is 1. The van der Waals surface area contributed by atoms with E-state index in [9.17, 15) is 22.8 Å². The zero-order valence-electron chi connectivity index (χ0n) is 11.8. The summed E-state index contributed by atoms with van der Waals surface area (Å²) < 4.78 is 41.0. The second-order valence-electron chi connectivity index (χ2n) is 5.80. The van der Waals surface area contributed by atoms with Crippen molar-refractivity contribution < 1.29 is 27.5 Å². The molecule has 2 atom stereocenters. The van der Waals surface area contributed by atoms with Gasteiger partial charge >= 0.3 is 12.1 Å². The third kappa shape index (κ3) is 3.48. The number of hydrogen-bond acceptors (Lipinski definition) is 4. The van der Waals surface area contributed by atoms with E-state index in [2.05, 4.69) is 0 Å². The van der Waals surface area contributed by atoms with Crippen LogP contribution in [0.2, 0.25) is 0 Å². The third-order valence-electron chi connectivity index (χ3n) is 4.39. The Morgan fingerprint density at radius 3 is 2.76 bits per heavy atom. The zero-order chi connectivity index (χ0) is 15.7. The molecular weight excluding hydrogens is 289 g/mol. The molecule has 0 unspecified atom stereocenters. The number of esters is 1. The molecule has 21 heavy (non-hydrogen) atoms. The molecule has 2 aliphatic rings. The Kier molecular flexibility index (Phi) is 4.46. The summed E-state index contributed by atoms with van der Waals surface area (Å²) in [5.74, 6) is -0.823. The van der Waals surface area contributed by atoms with Crippen LogP contribution in [0.3, 0.4) is 0 Å². The van der Waals surface area contributed by atoms with E-state index in [1.807, 2.05) is 5.32 Å². The van der Waals surface area contributed by atoms with Gasteiger partial charge in [-0.15, -0.1) is 0 Å². The van der Waals surface area contributed by atoms with Gasteiger partial charge < -0.3 is 10.1 Å². The van der Waals surface area contributed by atoms with E-state index in [0.29, 0.717) is 19.5 Å². The Morgan fingerprint density at radius 1 is 1.43 bits per heavy atom. The minimum absolute atomic E-state index is 0.120. The van der Waals surface area contributed by atoms with E-state index in [1.54, 1.807) is 4.90 Å². The van der Waals surface area contributed by atoms with Crippen LogP contribution in [0.4, 0.5) is 13.2 Å². The molecule has 0 radical (unpaired) electrons. The number of carbonyl (C=O) groups excluding carboxylic acids is 2. The molecule has 2 fully saturated rings. The Morgan fingerprint density at radius 2 is 2.14 bits per heavy atom. The minimum atomic E-state index is -4.41. The Bertz CT molecular complexity index is 427. The summed E-state index contributed by atoms with van der Waals surface area (Å²) in [7, 11) is 1.34. The summed E-state index contributed by atoms with van der Waals surface area (Å²) in [6.07, 6.45) is -1.88. The van der Waals surface area contributed by atoms with Crippen molar-refractivity contribution in [2.45, 2.75) is 25.4 Å². The summed E-state index contributed by atoms with van der Waals surface area (Å²) in [6, 6.07) is 0. The first kappa shape index (κ1) is 16.1. The van der Waals surface area contributed by atoms with Crippen LogP contribution in [0.5, 0.6) is 0 Å². The first-order valence-corrected chi connectivity index (χ1v) is 6.91. The topological polar surface area (TPSA) is 58.6 Å². The molecular formula is C13H19F3N2O3. The van der Waals surface area contributed by atoms with E-state index in [4.69, 9.17) is 4.74 Å². The summed E-state index contributed by atoms with van der Waals surface area (Å²) >= 11 is 0. The standard InChI is InChI=1S/C13H19F3N2O3/c1-21-11(20)12-4-2-3-9(12)5-18(8-12)6-10(19)17-7-13(14,15)16/h9H,2-8H2,1H3,(H,17,19)/t9-,12+/m0/s1. The van der Waals surface area contributed by atoms with Gasteiger partial charge in [0.2, 0.25) is 5.91 Å². The number of likely N-dealkylation sites (tertiary alicyclic amines) is 1. The molecule has 0 aromatic carbocycles. The fourth-order valence-electron chi connectivity index (χ4n) is 3.51. The number of carbonyl (C=O) groups is 2. The smallest absolute Gasteiger partial charge is 0.405 e. The van der Waals surface area contributed by atoms with Crippen LogP contribution in [-0.2, 0) is 14.3 Å². The predicted octanol–water partition coefficient (Wildman–Crippen LogP) is 0.940. The second-order valence-corrected chi connectivity index (χ2v) is 5.80. The quantitative estimate of drug-likeness (QED) is 0.785. The molecule has 1 saturated carbocycles. The second kappa shape index (κ2) is 5.82. The number of rotatable bonds is 4. The number of fused-ring (bicyclic) bond motifs is 1. The van der Waals surface area contributed by atoms with Crippen LogP contribution in [0.25, 0.3) is 0 Å². The molecule has 1 saturated heterocycles. The average Bonchev–Trinajstić information content (AvgIpc) is 2.92. The highest BCUT2D eigenvalue weighted by Crippen LogP contribution is 2.49. The molecule has 1 heterocycles. The van der Waals surface area contributed by atoms with Crippen molar-refractivity contribution >= 4 is 11.9 Å². The van der Waals surface area contributed by atoms with Gasteiger partial charge in [0, 0.05) is 13.1 Å². The van der Waals surface area contributed by atoms with Gasteiger partial charge in [-0.1, -0.05) is 6.42 Å². The van der Waals surface area contributed by atoms with Gasteiger partial charge in [0.15, 0.2) is 0 Å². The van der Waals surface area contributed by atoms with E-state index < -0.39 is 24.0 Å². The van der Waals surface area contributed by atoms with Crippen molar-refractivity contribution in [3.05, 3.63) is 0 Å². The van der Waals surface area contributed by atoms with Gasteiger partial charge in [-0.25, -0.2) is 0 Å². The highest BCUT2D eigenvalue weighted by Gasteiger charge is 2.55. The van der Waals surface area contributed by atoms with E-state index in [1.165, 1.54) is 7.11 Å². The van der Waals surface area contributed by atoms with Crippen LogP contribution in [0.15, 0.2) is 0 Å². The summed E-state index contributed by atoms with van der Waals surface area (Å²) in [5, 5.41) is 1.85. The van der Waals surface area contributed by atoms with Crippen molar-refractivity contribution in [1.82, 2.24) is 10.2 Å². The lowest BCUT2D eigenvalue weighted by Gasteiger charge is -2.25. The predicted molar refractivity (Wildman–Crippen MR) is 67.3 cm³/mol. The zero-order valence-corrected chi connectivity index (χ0v) is 11.8. The molecule has 120 valence electrons. The Hall–Kier alpha value is -1.31. The van der Waals surface area contributed by atoms with E-state index >= 15 is 0 Å². The van der Waals surface area contributed by atoms with Crippen LogP contribution in [0.1, 0.15) is 19.3 Å². The number of halogens is 3. The third-order valence-corrected chi connectivity index (χ3v) is 4.39. The first-order valence-electron chi connectivity index (χ1n) is 6.91. The van der Waals surface area contributed by atoms with Gasteiger partial charge in [0.05, 0.1) is 19.1 Å². The molecule has 0 aromatic rings. The number of alkyl halides is 3. The molecule has 0 aromatic heterocycles. The molecule has 5 nitrogen and oxygen atoms in total. The van der Waals surface area contributed by atoms with Gasteiger partial charge in [-0.3, -0.25) is 14.5 Å². The van der Waals surface area contributed by atoms with Crippen molar-refractivity contribution in [2.75, 3.05) is 33.3 Å². The number of ether oxygens (including phenoxy) is 1. The van der Waals surface area contributed by atoms with Gasteiger partial charge in [0.1, 0.15) is 6.54 Å². The molecule has 2 rings (SSSR count). The van der Waals surface area contributed by atoms with Gasteiger partial charge in [-0.05, 0) is 18.8 Å². The van der Waals surface area contributed by atoms with Crippen LogP contribution in [0, 0.1) is 11.3 Å². The normalized spacial score (nSPS) is 29.2. The number of hydrogen-bond donors (Lipinski definition) is 1. The summed E-state index contributed by atoms with van der Waals surface area (Å²) in [4.78, 5) is 25.3. The van der Waals surface area contributed by atoms with E-state index in [-0.39, 0.29) is 18.4 Å². The van der Waals surface area contributed by atoms with Crippen LogP contribution < -0.4 is 5.32 Å². The van der Waals surface area contributed by atoms with Crippen molar-refractivity contribution in [2.24, 2.45) is 11.3 Å².